The van der Waals surface area contributed by atoms with Crippen molar-refractivity contribution in [1.29, 1.82) is 0 Å². The summed E-state index contributed by atoms with van der Waals surface area (Å²) in [5.41, 5.74) is 2.24. The molecule has 0 atom stereocenters. The molecule has 0 aliphatic carbocycles. The van der Waals surface area contributed by atoms with Gasteiger partial charge in [0.15, 0.2) is 0 Å². The molecule has 1 aliphatic heterocycles. The number of nitro groups is 1. The van der Waals surface area contributed by atoms with E-state index in [0.717, 1.165) is 42.9 Å². The number of piperidine rings is 1. The molecule has 1 heterocycles. The first-order chi connectivity index (χ1) is 11.6. The largest absolute Gasteiger partial charge is 0.362 e. The zero-order valence-corrected chi connectivity index (χ0v) is 14.2. The molecular weight excluding hydrogens is 320 g/mol. The summed E-state index contributed by atoms with van der Waals surface area (Å²) in [6, 6.07) is 17.2. The van der Waals surface area contributed by atoms with E-state index < -0.39 is 0 Å². The zero-order valence-electron chi connectivity index (χ0n) is 13.4. The van der Waals surface area contributed by atoms with Crippen LogP contribution < -0.4 is 0 Å². The molecule has 0 unspecified atom stereocenters. The average molecular weight is 340 g/mol. The lowest BCUT2D eigenvalue weighted by Crippen LogP contribution is -2.38. The number of non-ortho nitro benzene ring substituents is 1. The molecule has 2 aromatic rings. The molecule has 1 aliphatic rings. The Morgan fingerprint density at radius 2 is 1.83 bits per heavy atom. The average Bonchev–Trinajstić information content (AvgIpc) is 2.63. The van der Waals surface area contributed by atoms with Gasteiger partial charge in [0.2, 0.25) is 0 Å². The summed E-state index contributed by atoms with van der Waals surface area (Å²) < 4.78 is 0. The van der Waals surface area contributed by atoms with Crippen LogP contribution in [-0.4, -0.2) is 27.9 Å². The summed E-state index contributed by atoms with van der Waals surface area (Å²) in [5, 5.41) is 10.9. The van der Waals surface area contributed by atoms with Crippen molar-refractivity contribution in [1.82, 2.24) is 4.90 Å². The van der Waals surface area contributed by atoms with E-state index >= 15 is 0 Å². The predicted octanol–water partition coefficient (Wildman–Crippen LogP) is 4.23. The fourth-order valence-electron chi connectivity index (χ4n) is 3.22. The fourth-order valence-corrected chi connectivity index (χ4v) is 3.53. The Hall–Kier alpha value is -2.27. The standard InChI is InChI=1S/C19H20N2O2S/c22-21(23)18-8-4-7-17(14-18)19(24)20-11-9-16(10-12-20)13-15-5-2-1-3-6-15/h1-8,14,16H,9-13H2. The lowest BCUT2D eigenvalue weighted by atomic mass is 9.90. The normalized spacial score (nSPS) is 15.2. The highest BCUT2D eigenvalue weighted by atomic mass is 32.1. The van der Waals surface area contributed by atoms with E-state index in [1.165, 1.54) is 11.6 Å². The maximum absolute atomic E-state index is 10.9. The van der Waals surface area contributed by atoms with Crippen molar-refractivity contribution in [2.24, 2.45) is 5.92 Å². The topological polar surface area (TPSA) is 46.4 Å². The van der Waals surface area contributed by atoms with Crippen LogP contribution in [0.4, 0.5) is 5.69 Å². The highest BCUT2D eigenvalue weighted by molar-refractivity contribution is 7.80. The molecule has 2 aromatic carbocycles. The minimum absolute atomic E-state index is 0.0915. The van der Waals surface area contributed by atoms with Crippen LogP contribution in [-0.2, 0) is 6.42 Å². The van der Waals surface area contributed by atoms with Gasteiger partial charge in [-0.15, -0.1) is 0 Å². The summed E-state index contributed by atoms with van der Waals surface area (Å²) >= 11 is 5.56. The van der Waals surface area contributed by atoms with Crippen LogP contribution in [0.5, 0.6) is 0 Å². The van der Waals surface area contributed by atoms with E-state index in [4.69, 9.17) is 12.2 Å². The number of rotatable bonds is 4. The van der Waals surface area contributed by atoms with E-state index in [-0.39, 0.29) is 10.6 Å². The maximum atomic E-state index is 10.9. The Kier molecular flexibility index (Phi) is 5.20. The van der Waals surface area contributed by atoms with E-state index in [0.29, 0.717) is 5.92 Å². The van der Waals surface area contributed by atoms with Crippen LogP contribution in [0.3, 0.4) is 0 Å². The minimum Gasteiger partial charge on any atom is -0.362 e. The van der Waals surface area contributed by atoms with Crippen molar-refractivity contribution in [3.8, 4) is 0 Å². The van der Waals surface area contributed by atoms with Crippen molar-refractivity contribution in [3.05, 3.63) is 75.8 Å². The van der Waals surface area contributed by atoms with Gasteiger partial charge in [0.25, 0.3) is 5.69 Å². The molecule has 0 bridgehead atoms. The van der Waals surface area contributed by atoms with Gasteiger partial charge in [0.05, 0.1) is 4.92 Å². The molecule has 124 valence electrons. The highest BCUT2D eigenvalue weighted by Crippen LogP contribution is 2.24. The van der Waals surface area contributed by atoms with Crippen molar-refractivity contribution in [3.63, 3.8) is 0 Å². The Labute approximate surface area is 147 Å². The van der Waals surface area contributed by atoms with E-state index in [2.05, 4.69) is 29.2 Å². The van der Waals surface area contributed by atoms with Crippen LogP contribution >= 0.6 is 12.2 Å². The quantitative estimate of drug-likeness (QED) is 0.475. The smallest absolute Gasteiger partial charge is 0.270 e. The molecule has 5 heteroatoms. The second-order valence-corrected chi connectivity index (χ2v) is 6.62. The third-order valence-corrected chi connectivity index (χ3v) is 5.07. The molecule has 0 amide bonds. The third kappa shape index (κ3) is 3.97. The van der Waals surface area contributed by atoms with Gasteiger partial charge in [-0.1, -0.05) is 54.7 Å². The Morgan fingerprint density at radius 3 is 2.50 bits per heavy atom. The van der Waals surface area contributed by atoms with Crippen molar-refractivity contribution < 1.29 is 4.92 Å². The summed E-state index contributed by atoms with van der Waals surface area (Å²) in [7, 11) is 0. The molecular formula is C19H20N2O2S. The Balaban J connectivity index is 1.59. The molecule has 0 saturated carbocycles. The lowest BCUT2D eigenvalue weighted by molar-refractivity contribution is -0.384. The molecule has 3 rings (SSSR count). The number of likely N-dealkylation sites (tertiary alicyclic amines) is 1. The molecule has 0 spiro atoms. The predicted molar refractivity (Wildman–Crippen MR) is 99.2 cm³/mol. The van der Waals surface area contributed by atoms with Gasteiger partial charge < -0.3 is 4.90 Å². The molecule has 1 saturated heterocycles. The Bertz CT molecular complexity index is 725. The van der Waals surface area contributed by atoms with Crippen LogP contribution in [0.15, 0.2) is 54.6 Å². The first kappa shape index (κ1) is 16.6. The molecule has 0 N–H and O–H groups in total. The van der Waals surface area contributed by atoms with Gasteiger partial charge in [-0.05, 0) is 30.7 Å². The first-order valence-electron chi connectivity index (χ1n) is 8.21. The summed E-state index contributed by atoms with van der Waals surface area (Å²) in [5.74, 6) is 0.677. The first-order valence-corrected chi connectivity index (χ1v) is 8.62. The van der Waals surface area contributed by atoms with Crippen LogP contribution in [0.2, 0.25) is 0 Å². The third-order valence-electron chi connectivity index (χ3n) is 4.57. The second-order valence-electron chi connectivity index (χ2n) is 6.23. The van der Waals surface area contributed by atoms with E-state index in [9.17, 15) is 10.1 Å². The van der Waals surface area contributed by atoms with Crippen molar-refractivity contribution in [2.75, 3.05) is 13.1 Å². The summed E-state index contributed by atoms with van der Waals surface area (Å²) in [4.78, 5) is 13.4. The van der Waals surface area contributed by atoms with Gasteiger partial charge in [-0.2, -0.15) is 0 Å². The van der Waals surface area contributed by atoms with Gasteiger partial charge in [0.1, 0.15) is 4.99 Å². The minimum atomic E-state index is -0.377. The second kappa shape index (κ2) is 7.53. The molecule has 24 heavy (non-hydrogen) atoms. The number of thiocarbonyl (C=S) groups is 1. The fraction of sp³-hybridized carbons (Fsp3) is 0.316. The van der Waals surface area contributed by atoms with Gasteiger partial charge in [-0.3, -0.25) is 10.1 Å². The van der Waals surface area contributed by atoms with Crippen molar-refractivity contribution in [2.45, 2.75) is 19.3 Å². The number of nitrogens with zero attached hydrogens (tertiary/aromatic N) is 2. The van der Waals surface area contributed by atoms with Crippen LogP contribution in [0, 0.1) is 16.0 Å². The van der Waals surface area contributed by atoms with Gasteiger partial charge in [0, 0.05) is 30.8 Å². The molecule has 0 aromatic heterocycles. The van der Waals surface area contributed by atoms with Gasteiger partial charge >= 0.3 is 0 Å². The van der Waals surface area contributed by atoms with Crippen LogP contribution in [0.25, 0.3) is 0 Å². The molecule has 4 nitrogen and oxygen atoms in total. The van der Waals surface area contributed by atoms with Crippen molar-refractivity contribution >= 4 is 22.9 Å². The monoisotopic (exact) mass is 340 g/mol. The highest BCUT2D eigenvalue weighted by Gasteiger charge is 2.22. The lowest BCUT2D eigenvalue weighted by Gasteiger charge is -2.34. The Morgan fingerprint density at radius 1 is 1.12 bits per heavy atom. The van der Waals surface area contributed by atoms with Gasteiger partial charge in [-0.25, -0.2) is 0 Å². The number of hydrogen-bond donors (Lipinski definition) is 0. The van der Waals surface area contributed by atoms with E-state index in [1.54, 1.807) is 12.1 Å². The zero-order chi connectivity index (χ0) is 16.9. The number of nitro benzene ring substituents is 1. The van der Waals surface area contributed by atoms with E-state index in [1.807, 2.05) is 12.1 Å². The molecule has 1 fully saturated rings. The molecule has 0 radical (unpaired) electrons. The number of hydrogen-bond acceptors (Lipinski definition) is 3. The maximum Gasteiger partial charge on any atom is 0.270 e. The summed E-state index contributed by atoms with van der Waals surface area (Å²) in [6.07, 6.45) is 3.31. The van der Waals surface area contributed by atoms with Crippen LogP contribution in [0.1, 0.15) is 24.0 Å². The summed E-state index contributed by atoms with van der Waals surface area (Å²) in [6.45, 7) is 1.83. The number of benzene rings is 2. The SMILES string of the molecule is O=[N+]([O-])c1cccc(C(=S)N2CCC(Cc3ccccc3)CC2)c1.